The summed E-state index contributed by atoms with van der Waals surface area (Å²) in [6.07, 6.45) is 7.02. The molecule has 1 heterocycles. The van der Waals surface area contributed by atoms with Gasteiger partial charge in [0.2, 0.25) is 5.91 Å². The molecule has 2 aromatic rings. The molecule has 4 rings (SSSR count). The van der Waals surface area contributed by atoms with Crippen LogP contribution in [0, 0.1) is 17.8 Å². The smallest absolute Gasteiger partial charge is 0.274 e. The fourth-order valence-electron chi connectivity index (χ4n) is 4.93. The monoisotopic (exact) mass is 404 g/mol. The average Bonchev–Trinajstić information content (AvgIpc) is 2.64. The van der Waals surface area contributed by atoms with Gasteiger partial charge in [-0.3, -0.25) is 9.59 Å². The Balaban J connectivity index is 0.00000225. The summed E-state index contributed by atoms with van der Waals surface area (Å²) in [5.41, 5.74) is 6.22. The van der Waals surface area contributed by atoms with Crippen LogP contribution in [0.4, 0.5) is 0 Å². The molecule has 2 bridgehead atoms. The summed E-state index contributed by atoms with van der Waals surface area (Å²) in [6.45, 7) is 2.30. The van der Waals surface area contributed by atoms with Crippen molar-refractivity contribution in [1.29, 1.82) is 0 Å². The highest BCUT2D eigenvalue weighted by Crippen LogP contribution is 2.41. The van der Waals surface area contributed by atoms with Gasteiger partial charge >= 0.3 is 0 Å². The summed E-state index contributed by atoms with van der Waals surface area (Å²) >= 11 is 0. The maximum Gasteiger partial charge on any atom is 0.274 e. The van der Waals surface area contributed by atoms with Crippen LogP contribution >= 0.6 is 12.4 Å². The number of rotatable bonds is 4. The van der Waals surface area contributed by atoms with Gasteiger partial charge in [0.05, 0.1) is 18.1 Å². The number of carbonyl (C=O) groups is 1. The maximum atomic E-state index is 12.8. The van der Waals surface area contributed by atoms with Gasteiger partial charge in [-0.1, -0.05) is 24.6 Å². The van der Waals surface area contributed by atoms with Gasteiger partial charge in [-0.25, -0.2) is 4.68 Å². The lowest BCUT2D eigenvalue weighted by atomic mass is 9.65. The van der Waals surface area contributed by atoms with Crippen molar-refractivity contribution in [3.05, 3.63) is 40.8 Å². The van der Waals surface area contributed by atoms with E-state index in [1.807, 2.05) is 31.2 Å². The number of fused-ring (bicyclic) bond motifs is 3. The molecule has 0 saturated heterocycles. The van der Waals surface area contributed by atoms with Crippen molar-refractivity contribution in [2.75, 3.05) is 0 Å². The SMILES string of the molecule is CC(Cn1ncc2ccccc2c1=O)NC(=O)C1CC2CCCC(C1)C2N.Cl. The van der Waals surface area contributed by atoms with Crippen molar-refractivity contribution in [2.24, 2.45) is 23.5 Å². The predicted molar refractivity (Wildman–Crippen MR) is 112 cm³/mol. The normalized spacial score (nSPS) is 27.6. The molecule has 2 fully saturated rings. The van der Waals surface area contributed by atoms with E-state index in [9.17, 15) is 9.59 Å². The number of nitrogens with zero attached hydrogens (tertiary/aromatic N) is 2. The summed E-state index contributed by atoms with van der Waals surface area (Å²) in [5, 5.41) is 8.84. The van der Waals surface area contributed by atoms with Gasteiger partial charge in [-0.05, 0) is 50.5 Å². The molecule has 1 aromatic heterocycles. The Morgan fingerprint density at radius 3 is 2.68 bits per heavy atom. The van der Waals surface area contributed by atoms with Crippen LogP contribution in [0.25, 0.3) is 10.8 Å². The molecule has 7 heteroatoms. The number of nitrogens with one attached hydrogen (secondary N) is 1. The average molecular weight is 405 g/mol. The molecule has 28 heavy (non-hydrogen) atoms. The Labute approximate surface area is 171 Å². The quantitative estimate of drug-likeness (QED) is 0.819. The molecule has 1 amide bonds. The summed E-state index contributed by atoms with van der Waals surface area (Å²) < 4.78 is 1.44. The van der Waals surface area contributed by atoms with Gasteiger partial charge in [0, 0.05) is 23.4 Å². The topological polar surface area (TPSA) is 90.0 Å². The van der Waals surface area contributed by atoms with Crippen molar-refractivity contribution in [3.63, 3.8) is 0 Å². The van der Waals surface area contributed by atoms with E-state index < -0.39 is 0 Å². The van der Waals surface area contributed by atoms with Crippen LogP contribution in [-0.2, 0) is 11.3 Å². The number of carbonyl (C=O) groups excluding carboxylic acids is 1. The fourth-order valence-corrected chi connectivity index (χ4v) is 4.93. The molecule has 3 atom stereocenters. The van der Waals surface area contributed by atoms with Gasteiger partial charge < -0.3 is 11.1 Å². The van der Waals surface area contributed by atoms with Crippen molar-refractivity contribution < 1.29 is 4.79 Å². The number of aromatic nitrogens is 2. The number of hydrogen-bond donors (Lipinski definition) is 2. The van der Waals surface area contributed by atoms with Crippen LogP contribution in [0.15, 0.2) is 35.3 Å². The molecule has 0 aliphatic heterocycles. The minimum atomic E-state index is -0.153. The first-order chi connectivity index (χ1) is 13.0. The predicted octanol–water partition coefficient (Wildman–Crippen LogP) is 2.48. The fraction of sp³-hybridized carbons (Fsp3) is 0.571. The largest absolute Gasteiger partial charge is 0.352 e. The summed E-state index contributed by atoms with van der Waals surface area (Å²) in [5.74, 6) is 1.10. The highest BCUT2D eigenvalue weighted by molar-refractivity contribution is 5.85. The van der Waals surface area contributed by atoms with Crippen molar-refractivity contribution in [2.45, 2.75) is 57.7 Å². The van der Waals surface area contributed by atoms with Crippen LogP contribution in [0.3, 0.4) is 0 Å². The van der Waals surface area contributed by atoms with Crippen LogP contribution in [0.5, 0.6) is 0 Å². The summed E-state index contributed by atoms with van der Waals surface area (Å²) in [6, 6.07) is 7.54. The minimum Gasteiger partial charge on any atom is -0.352 e. The van der Waals surface area contributed by atoms with E-state index in [1.54, 1.807) is 6.20 Å². The second-order valence-corrected chi connectivity index (χ2v) is 8.33. The van der Waals surface area contributed by atoms with E-state index in [-0.39, 0.29) is 41.9 Å². The summed E-state index contributed by atoms with van der Waals surface area (Å²) in [7, 11) is 0. The van der Waals surface area contributed by atoms with Gasteiger partial charge in [0.25, 0.3) is 5.56 Å². The molecule has 152 valence electrons. The van der Waals surface area contributed by atoms with Crippen molar-refractivity contribution in [3.8, 4) is 0 Å². The van der Waals surface area contributed by atoms with Crippen LogP contribution in [0.1, 0.15) is 39.0 Å². The zero-order valence-corrected chi connectivity index (χ0v) is 17.0. The first-order valence-electron chi connectivity index (χ1n) is 10.0. The van der Waals surface area contributed by atoms with Crippen LogP contribution < -0.4 is 16.6 Å². The van der Waals surface area contributed by atoms with E-state index in [0.29, 0.717) is 23.8 Å². The number of benzene rings is 1. The Hall–Kier alpha value is -1.92. The van der Waals surface area contributed by atoms with Gasteiger partial charge in [-0.15, -0.1) is 12.4 Å². The van der Waals surface area contributed by atoms with E-state index in [2.05, 4.69) is 10.4 Å². The zero-order chi connectivity index (χ0) is 19.0. The molecule has 6 nitrogen and oxygen atoms in total. The third-order valence-electron chi connectivity index (χ3n) is 6.38. The first kappa shape index (κ1) is 20.8. The molecule has 2 aliphatic carbocycles. The highest BCUT2D eigenvalue weighted by Gasteiger charge is 2.40. The highest BCUT2D eigenvalue weighted by atomic mass is 35.5. The Kier molecular flexibility index (Phi) is 6.40. The van der Waals surface area contributed by atoms with E-state index >= 15 is 0 Å². The van der Waals surface area contributed by atoms with Gasteiger partial charge in [-0.2, -0.15) is 5.10 Å². The Morgan fingerprint density at radius 1 is 1.29 bits per heavy atom. The Bertz CT molecular complexity index is 885. The molecular weight excluding hydrogens is 376 g/mol. The second-order valence-electron chi connectivity index (χ2n) is 8.33. The van der Waals surface area contributed by atoms with E-state index in [0.717, 1.165) is 31.1 Å². The lowest BCUT2D eigenvalue weighted by Gasteiger charge is -2.43. The number of nitrogens with two attached hydrogens (primary N) is 1. The van der Waals surface area contributed by atoms with Crippen molar-refractivity contribution >= 4 is 29.1 Å². The number of amides is 1. The molecular formula is C21H29ClN4O2. The lowest BCUT2D eigenvalue weighted by molar-refractivity contribution is -0.128. The Morgan fingerprint density at radius 2 is 1.96 bits per heavy atom. The lowest BCUT2D eigenvalue weighted by Crippen LogP contribution is -2.50. The molecule has 2 saturated carbocycles. The maximum absolute atomic E-state index is 12.8. The van der Waals surface area contributed by atoms with Gasteiger partial charge in [0.1, 0.15) is 0 Å². The van der Waals surface area contributed by atoms with Crippen molar-refractivity contribution in [1.82, 2.24) is 15.1 Å². The first-order valence-corrected chi connectivity index (χ1v) is 10.0. The van der Waals surface area contributed by atoms with E-state index in [1.165, 1.54) is 11.1 Å². The molecule has 0 radical (unpaired) electrons. The third-order valence-corrected chi connectivity index (χ3v) is 6.38. The molecule has 0 spiro atoms. The third kappa shape index (κ3) is 4.08. The molecule has 3 unspecified atom stereocenters. The standard InChI is InChI=1S/C21H28N4O2.ClH/c1-13(12-25-21(27)18-8-3-2-5-16(18)11-23-25)24-20(26)17-9-14-6-4-7-15(10-17)19(14)22;/h2-3,5,8,11,13-15,17,19H,4,6-7,9-10,12,22H2,1H3,(H,24,26);1H. The summed E-state index contributed by atoms with van der Waals surface area (Å²) in [4.78, 5) is 25.4. The molecule has 3 N–H and O–H groups in total. The zero-order valence-electron chi connectivity index (χ0n) is 16.2. The van der Waals surface area contributed by atoms with E-state index in [4.69, 9.17) is 5.73 Å². The van der Waals surface area contributed by atoms with Crippen LogP contribution in [-0.4, -0.2) is 27.8 Å². The number of halogens is 1. The minimum absolute atomic E-state index is 0. The van der Waals surface area contributed by atoms with Crippen LogP contribution in [0.2, 0.25) is 0 Å². The van der Waals surface area contributed by atoms with Gasteiger partial charge in [0.15, 0.2) is 0 Å². The molecule has 1 aromatic carbocycles. The number of hydrogen-bond acceptors (Lipinski definition) is 4. The molecule has 2 aliphatic rings. The second kappa shape index (κ2) is 8.62.